The van der Waals surface area contributed by atoms with Gasteiger partial charge >= 0.3 is 12.0 Å². The number of ether oxygens (including phenoxy) is 1. The third kappa shape index (κ3) is 5.63. The normalized spacial score (nSPS) is 17.7. The van der Waals surface area contributed by atoms with Crippen LogP contribution in [0.25, 0.3) is 5.00 Å². The molecule has 0 bridgehead atoms. The van der Waals surface area contributed by atoms with Gasteiger partial charge in [0.15, 0.2) is 0 Å². The number of fused-ring (bicyclic) bond motifs is 2. The molecule has 7 nitrogen and oxygen atoms in total. The Morgan fingerprint density at radius 3 is 2.59 bits per heavy atom. The van der Waals surface area contributed by atoms with E-state index in [1.54, 1.807) is 11.3 Å². The molecule has 1 aliphatic carbocycles. The highest BCUT2D eigenvalue weighted by molar-refractivity contribution is 7.17. The van der Waals surface area contributed by atoms with Crippen molar-refractivity contribution in [3.8, 4) is 5.00 Å². The maximum atomic E-state index is 13.2. The molecule has 0 aromatic carbocycles. The van der Waals surface area contributed by atoms with Crippen LogP contribution >= 0.6 is 22.7 Å². The lowest BCUT2D eigenvalue weighted by atomic mass is 9.88. The van der Waals surface area contributed by atoms with Crippen LogP contribution in [0.3, 0.4) is 0 Å². The molecule has 37 heavy (non-hydrogen) atoms. The number of nitrogens with one attached hydrogen (secondary N) is 2. The van der Waals surface area contributed by atoms with Crippen LogP contribution < -0.4 is 10.6 Å². The highest BCUT2D eigenvalue weighted by Gasteiger charge is 2.31. The van der Waals surface area contributed by atoms with Gasteiger partial charge in [-0.2, -0.15) is 0 Å². The van der Waals surface area contributed by atoms with Gasteiger partial charge in [0, 0.05) is 47.3 Å². The molecule has 0 saturated carbocycles. The van der Waals surface area contributed by atoms with Crippen molar-refractivity contribution in [1.29, 1.82) is 0 Å². The lowest BCUT2D eigenvalue weighted by Gasteiger charge is -2.23. The number of likely N-dealkylation sites (N-methyl/N-ethyl adjacent to an activating group) is 1. The van der Waals surface area contributed by atoms with E-state index in [0.717, 1.165) is 49.3 Å². The summed E-state index contributed by atoms with van der Waals surface area (Å²) < 4.78 is 7.88. The van der Waals surface area contributed by atoms with E-state index in [2.05, 4.69) is 46.5 Å². The average Bonchev–Trinajstić information content (AvgIpc) is 3.53. The summed E-state index contributed by atoms with van der Waals surface area (Å²) in [7, 11) is 2.15. The Kier molecular flexibility index (Phi) is 7.22. The summed E-state index contributed by atoms with van der Waals surface area (Å²) in [5, 5.41) is 7.84. The fraction of sp³-hybridized carbons (Fsp3) is 0.500. The highest BCUT2D eigenvalue weighted by atomic mass is 32.1. The first-order chi connectivity index (χ1) is 17.6. The summed E-state index contributed by atoms with van der Waals surface area (Å²) in [5.41, 5.74) is 3.49. The Morgan fingerprint density at radius 2 is 1.86 bits per heavy atom. The summed E-state index contributed by atoms with van der Waals surface area (Å²) in [6.45, 7) is 10.2. The van der Waals surface area contributed by atoms with Crippen LogP contribution in [0.15, 0.2) is 24.5 Å². The van der Waals surface area contributed by atoms with Gasteiger partial charge in [-0.05, 0) is 82.7 Å². The zero-order chi connectivity index (χ0) is 26.3. The molecular formula is C28H36N4O3S2. The number of hydrogen-bond acceptors (Lipinski definition) is 6. The SMILES string of the molecule is CC1CCc2sc(NC(=O)NCc3c(-n4cccc4)sc4c3CCN(C)C4)c(C(=O)OC(C)(C)C)c2C1. The van der Waals surface area contributed by atoms with Gasteiger partial charge in [-0.3, -0.25) is 5.32 Å². The molecule has 1 aliphatic heterocycles. The van der Waals surface area contributed by atoms with Crippen molar-refractivity contribution in [2.24, 2.45) is 5.92 Å². The summed E-state index contributed by atoms with van der Waals surface area (Å²) in [5.74, 6) is 0.140. The van der Waals surface area contributed by atoms with Crippen LogP contribution in [0, 0.1) is 5.92 Å². The number of aromatic nitrogens is 1. The van der Waals surface area contributed by atoms with Crippen molar-refractivity contribution in [2.75, 3.05) is 18.9 Å². The minimum atomic E-state index is -0.604. The number of nitrogens with zero attached hydrogens (tertiary/aromatic N) is 2. The van der Waals surface area contributed by atoms with Crippen molar-refractivity contribution in [1.82, 2.24) is 14.8 Å². The smallest absolute Gasteiger partial charge is 0.341 e. The Bertz CT molecular complexity index is 1300. The lowest BCUT2D eigenvalue weighted by molar-refractivity contribution is 0.00697. The Hall–Kier alpha value is -2.62. The Balaban J connectivity index is 1.37. The van der Waals surface area contributed by atoms with Gasteiger partial charge in [0.25, 0.3) is 0 Å². The van der Waals surface area contributed by atoms with Crippen LogP contribution in [-0.4, -0.2) is 40.7 Å². The van der Waals surface area contributed by atoms with E-state index in [1.807, 2.05) is 32.9 Å². The standard InChI is InChI=1S/C28H36N4O3S2/c1-17-8-9-21-19(14-17)23(26(33)35-28(2,3)4)24(36-21)30-27(34)29-15-20-18-10-13-31(5)16-22(18)37-25(20)32-11-6-7-12-32/h6-7,11-12,17H,8-10,13-16H2,1-5H3,(H2,29,30,34). The first kappa shape index (κ1) is 26.0. The second kappa shape index (κ2) is 10.3. The first-order valence-corrected chi connectivity index (χ1v) is 14.6. The van der Waals surface area contributed by atoms with Gasteiger partial charge in [0.2, 0.25) is 0 Å². The number of urea groups is 1. The zero-order valence-electron chi connectivity index (χ0n) is 22.3. The Morgan fingerprint density at radius 1 is 1.11 bits per heavy atom. The number of aryl methyl sites for hydroxylation is 1. The van der Waals surface area contributed by atoms with Gasteiger partial charge < -0.3 is 19.5 Å². The topological polar surface area (TPSA) is 75.6 Å². The molecule has 1 atom stereocenters. The van der Waals surface area contributed by atoms with Gasteiger partial charge in [0.05, 0.1) is 5.56 Å². The molecule has 0 spiro atoms. The van der Waals surface area contributed by atoms with E-state index in [9.17, 15) is 9.59 Å². The maximum Gasteiger partial charge on any atom is 0.341 e. The molecule has 2 amide bonds. The van der Waals surface area contributed by atoms with Crippen LogP contribution in [0.1, 0.15) is 70.9 Å². The van der Waals surface area contributed by atoms with E-state index in [4.69, 9.17) is 4.74 Å². The number of esters is 1. The molecule has 1 unspecified atom stereocenters. The monoisotopic (exact) mass is 540 g/mol. The molecule has 9 heteroatoms. The van der Waals surface area contributed by atoms with Crippen molar-refractivity contribution in [3.05, 3.63) is 56.5 Å². The fourth-order valence-electron chi connectivity index (χ4n) is 5.15. The third-order valence-corrected chi connectivity index (χ3v) is 9.42. The summed E-state index contributed by atoms with van der Waals surface area (Å²) in [4.78, 5) is 31.3. The molecule has 2 N–H and O–H groups in total. The maximum absolute atomic E-state index is 13.2. The number of hydrogen-bond donors (Lipinski definition) is 2. The van der Waals surface area contributed by atoms with Crippen LogP contribution in [0.4, 0.5) is 9.80 Å². The van der Waals surface area contributed by atoms with Crippen LogP contribution in [0.2, 0.25) is 0 Å². The molecule has 0 radical (unpaired) electrons. The van der Waals surface area contributed by atoms with Crippen LogP contribution in [-0.2, 0) is 37.1 Å². The molecular weight excluding hydrogens is 504 g/mol. The van der Waals surface area contributed by atoms with E-state index < -0.39 is 5.60 Å². The van der Waals surface area contributed by atoms with E-state index in [-0.39, 0.29) is 12.0 Å². The lowest BCUT2D eigenvalue weighted by Crippen LogP contribution is -2.31. The van der Waals surface area contributed by atoms with Crippen molar-refractivity contribution >= 4 is 39.7 Å². The van der Waals surface area contributed by atoms with Crippen molar-refractivity contribution in [3.63, 3.8) is 0 Å². The summed E-state index contributed by atoms with van der Waals surface area (Å²) in [6.07, 6.45) is 7.92. The first-order valence-electron chi connectivity index (χ1n) is 13.0. The van der Waals surface area contributed by atoms with E-state index in [1.165, 1.54) is 32.2 Å². The quantitative estimate of drug-likeness (QED) is 0.390. The molecule has 2 aliphatic rings. The van der Waals surface area contributed by atoms with E-state index >= 15 is 0 Å². The second-order valence-electron chi connectivity index (χ2n) is 11.2. The van der Waals surface area contributed by atoms with Gasteiger partial charge in [-0.15, -0.1) is 22.7 Å². The largest absolute Gasteiger partial charge is 0.456 e. The molecule has 198 valence electrons. The van der Waals surface area contributed by atoms with Gasteiger partial charge in [-0.25, -0.2) is 9.59 Å². The summed E-state index contributed by atoms with van der Waals surface area (Å²) >= 11 is 3.31. The van der Waals surface area contributed by atoms with Gasteiger partial charge in [0.1, 0.15) is 15.6 Å². The van der Waals surface area contributed by atoms with Crippen molar-refractivity contribution < 1.29 is 14.3 Å². The minimum absolute atomic E-state index is 0.303. The number of anilines is 1. The van der Waals surface area contributed by atoms with Gasteiger partial charge in [-0.1, -0.05) is 6.92 Å². The Labute approximate surface area is 226 Å². The van der Waals surface area contributed by atoms with Crippen molar-refractivity contribution in [2.45, 2.75) is 72.1 Å². The predicted octanol–water partition coefficient (Wildman–Crippen LogP) is 5.99. The number of carbonyl (C=O) groups is 2. The molecule has 3 aromatic heterocycles. The number of carbonyl (C=O) groups excluding carboxylic acids is 2. The fourth-order valence-corrected chi connectivity index (χ4v) is 7.79. The number of rotatable bonds is 5. The van der Waals surface area contributed by atoms with E-state index in [0.29, 0.717) is 23.0 Å². The summed E-state index contributed by atoms with van der Waals surface area (Å²) in [6, 6.07) is 3.74. The predicted molar refractivity (Wildman–Crippen MR) is 150 cm³/mol. The molecule has 3 aromatic rings. The second-order valence-corrected chi connectivity index (χ2v) is 13.4. The third-order valence-electron chi connectivity index (χ3n) is 6.94. The molecule has 4 heterocycles. The minimum Gasteiger partial charge on any atom is -0.456 e. The van der Waals surface area contributed by atoms with Crippen LogP contribution in [0.5, 0.6) is 0 Å². The average molecular weight is 541 g/mol. The number of thiophene rings is 2. The molecule has 0 saturated heterocycles. The molecule has 5 rings (SSSR count). The molecule has 0 fully saturated rings. The number of amides is 2. The highest BCUT2D eigenvalue weighted by Crippen LogP contribution is 2.41. The zero-order valence-corrected chi connectivity index (χ0v) is 23.9.